The van der Waals surface area contributed by atoms with E-state index in [4.69, 9.17) is 14.1 Å². The molecule has 6 nitrogen and oxygen atoms in total. The van der Waals surface area contributed by atoms with E-state index in [0.29, 0.717) is 11.9 Å². The van der Waals surface area contributed by atoms with Crippen molar-refractivity contribution in [3.05, 3.63) is 65.8 Å². The summed E-state index contributed by atoms with van der Waals surface area (Å²) in [6, 6.07) is 10.5. The van der Waals surface area contributed by atoms with Crippen molar-refractivity contribution in [1.82, 2.24) is 19.4 Å². The Hall–Kier alpha value is -3.12. The topological polar surface area (TPSA) is 56.3 Å². The molecule has 0 N–H and O–H groups in total. The van der Waals surface area contributed by atoms with Crippen LogP contribution in [0.1, 0.15) is 36.7 Å². The number of hydrogen-bond acceptors (Lipinski definition) is 5. The highest BCUT2D eigenvalue weighted by Gasteiger charge is 2.21. The predicted molar refractivity (Wildman–Crippen MR) is 116 cm³/mol. The van der Waals surface area contributed by atoms with Gasteiger partial charge in [-0.05, 0) is 49.7 Å². The number of hydrogen-bond donors (Lipinski definition) is 0. The zero-order chi connectivity index (χ0) is 20.7. The fourth-order valence-electron chi connectivity index (χ4n) is 4.26. The number of methoxy groups -OCH3 is 1. The van der Waals surface area contributed by atoms with Crippen LogP contribution in [0.15, 0.2) is 53.4 Å². The van der Waals surface area contributed by atoms with Gasteiger partial charge in [-0.15, -0.1) is 0 Å². The van der Waals surface area contributed by atoms with E-state index in [1.165, 1.54) is 22.0 Å². The molecule has 0 atom stereocenters. The fourth-order valence-corrected chi connectivity index (χ4v) is 4.26. The van der Waals surface area contributed by atoms with Crippen LogP contribution in [0.25, 0.3) is 22.5 Å². The van der Waals surface area contributed by atoms with Gasteiger partial charge in [-0.3, -0.25) is 4.90 Å². The maximum absolute atomic E-state index is 5.48. The number of benzene rings is 1. The normalized spacial score (nSPS) is 14.4. The van der Waals surface area contributed by atoms with Crippen molar-refractivity contribution in [3.8, 4) is 17.3 Å². The van der Waals surface area contributed by atoms with E-state index < -0.39 is 0 Å². The van der Waals surface area contributed by atoms with Crippen molar-refractivity contribution in [1.29, 1.82) is 0 Å². The van der Waals surface area contributed by atoms with Gasteiger partial charge in [0.1, 0.15) is 5.75 Å². The summed E-state index contributed by atoms with van der Waals surface area (Å²) in [6.45, 7) is 7.16. The lowest BCUT2D eigenvalue weighted by Crippen LogP contribution is -2.30. The molecule has 6 heteroatoms. The van der Waals surface area contributed by atoms with Gasteiger partial charge in [0, 0.05) is 61.0 Å². The van der Waals surface area contributed by atoms with Crippen molar-refractivity contribution in [3.63, 3.8) is 0 Å². The molecule has 1 aromatic carbocycles. The van der Waals surface area contributed by atoms with Gasteiger partial charge in [-0.25, -0.2) is 9.97 Å². The Bertz CT molecular complexity index is 1180. The van der Waals surface area contributed by atoms with Crippen LogP contribution in [0.2, 0.25) is 0 Å². The lowest BCUT2D eigenvalue weighted by atomic mass is 10.1. The van der Waals surface area contributed by atoms with E-state index in [1.807, 2.05) is 24.4 Å². The first-order valence-corrected chi connectivity index (χ1v) is 10.4. The molecule has 0 saturated heterocycles. The van der Waals surface area contributed by atoms with Crippen LogP contribution < -0.4 is 4.74 Å². The first-order valence-electron chi connectivity index (χ1n) is 10.4. The van der Waals surface area contributed by atoms with Crippen LogP contribution in [-0.2, 0) is 19.5 Å². The highest BCUT2D eigenvalue weighted by Crippen LogP contribution is 2.30. The minimum absolute atomic E-state index is 0.408. The second-order valence-corrected chi connectivity index (χ2v) is 8.14. The zero-order valence-electron chi connectivity index (χ0n) is 17.6. The number of ether oxygens (including phenoxy) is 1. The lowest BCUT2D eigenvalue weighted by Gasteiger charge is -2.27. The van der Waals surface area contributed by atoms with Gasteiger partial charge in [-0.2, -0.15) is 0 Å². The van der Waals surface area contributed by atoms with Crippen molar-refractivity contribution < 1.29 is 9.15 Å². The summed E-state index contributed by atoms with van der Waals surface area (Å²) in [5.74, 6) is 2.28. The van der Waals surface area contributed by atoms with Crippen LogP contribution in [0.5, 0.6) is 5.75 Å². The van der Waals surface area contributed by atoms with Gasteiger partial charge in [0.2, 0.25) is 0 Å². The van der Waals surface area contributed by atoms with Crippen LogP contribution in [-0.4, -0.2) is 33.1 Å². The van der Waals surface area contributed by atoms with Gasteiger partial charge < -0.3 is 13.7 Å². The summed E-state index contributed by atoms with van der Waals surface area (Å²) in [5.41, 5.74) is 4.90. The summed E-state index contributed by atoms with van der Waals surface area (Å²) in [4.78, 5) is 11.7. The molecule has 0 spiro atoms. The first kappa shape index (κ1) is 18.9. The number of nitrogens with zero attached hydrogens (tertiary/aromatic N) is 4. The number of rotatable bonds is 5. The highest BCUT2D eigenvalue weighted by molar-refractivity contribution is 5.85. The fraction of sp³-hybridized carbons (Fsp3) is 0.333. The van der Waals surface area contributed by atoms with E-state index in [2.05, 4.69) is 46.6 Å². The Labute approximate surface area is 176 Å². The van der Waals surface area contributed by atoms with Crippen LogP contribution >= 0.6 is 0 Å². The van der Waals surface area contributed by atoms with E-state index in [1.54, 1.807) is 13.4 Å². The van der Waals surface area contributed by atoms with Crippen molar-refractivity contribution >= 4 is 10.9 Å². The Morgan fingerprint density at radius 2 is 2.13 bits per heavy atom. The molecule has 5 rings (SSSR count). The third-order valence-corrected chi connectivity index (χ3v) is 5.83. The Morgan fingerprint density at radius 1 is 1.23 bits per heavy atom. The molecule has 30 heavy (non-hydrogen) atoms. The second kappa shape index (κ2) is 7.61. The molecule has 1 aliphatic heterocycles. The molecule has 4 aromatic rings. The van der Waals surface area contributed by atoms with Gasteiger partial charge in [0.25, 0.3) is 0 Å². The molecular formula is C24H26N4O2. The molecule has 154 valence electrons. The second-order valence-electron chi connectivity index (χ2n) is 8.14. The molecule has 0 unspecified atom stereocenters. The Balaban J connectivity index is 1.41. The average Bonchev–Trinajstić information content (AvgIpc) is 3.42. The van der Waals surface area contributed by atoms with Gasteiger partial charge in [0.15, 0.2) is 11.6 Å². The van der Waals surface area contributed by atoms with Gasteiger partial charge in [0.05, 0.1) is 19.1 Å². The molecule has 0 radical (unpaired) electrons. The van der Waals surface area contributed by atoms with Crippen LogP contribution in [0.3, 0.4) is 0 Å². The quantitative estimate of drug-likeness (QED) is 0.478. The number of furan rings is 1. The maximum atomic E-state index is 5.48. The highest BCUT2D eigenvalue weighted by atomic mass is 16.5. The summed E-state index contributed by atoms with van der Waals surface area (Å²) >= 11 is 0. The molecule has 0 amide bonds. The van der Waals surface area contributed by atoms with Gasteiger partial charge >= 0.3 is 0 Å². The minimum Gasteiger partial charge on any atom is -0.497 e. The van der Waals surface area contributed by atoms with Crippen LogP contribution in [0, 0.1) is 0 Å². The standard InChI is InChI=1S/C24H26N4O2/c1-16(2)28-15-18(20-11-19(29-3)6-7-22(20)28)14-27-9-8-21-17(13-27)12-25-24(26-21)23-5-4-10-30-23/h4-7,10-12,15-16H,8-9,13-14H2,1-3H3. The van der Waals surface area contributed by atoms with E-state index in [9.17, 15) is 0 Å². The smallest absolute Gasteiger partial charge is 0.195 e. The summed E-state index contributed by atoms with van der Waals surface area (Å²) < 4.78 is 13.3. The average molecular weight is 402 g/mol. The largest absolute Gasteiger partial charge is 0.497 e. The first-order chi connectivity index (χ1) is 14.6. The molecule has 0 bridgehead atoms. The zero-order valence-corrected chi connectivity index (χ0v) is 17.6. The van der Waals surface area contributed by atoms with E-state index in [0.717, 1.165) is 43.3 Å². The lowest BCUT2D eigenvalue weighted by molar-refractivity contribution is 0.243. The summed E-state index contributed by atoms with van der Waals surface area (Å²) in [5, 5.41) is 1.26. The van der Waals surface area contributed by atoms with Crippen molar-refractivity contribution in [2.45, 2.75) is 39.4 Å². The molecule has 0 aliphatic carbocycles. The number of fused-ring (bicyclic) bond motifs is 2. The van der Waals surface area contributed by atoms with Gasteiger partial charge in [-0.1, -0.05) is 0 Å². The van der Waals surface area contributed by atoms with E-state index in [-0.39, 0.29) is 0 Å². The predicted octanol–water partition coefficient (Wildman–Crippen LogP) is 4.84. The van der Waals surface area contributed by atoms with E-state index >= 15 is 0 Å². The summed E-state index contributed by atoms with van der Waals surface area (Å²) in [7, 11) is 1.72. The Morgan fingerprint density at radius 3 is 2.90 bits per heavy atom. The Kier molecular flexibility index (Phi) is 4.79. The minimum atomic E-state index is 0.408. The maximum Gasteiger partial charge on any atom is 0.195 e. The summed E-state index contributed by atoms with van der Waals surface area (Å²) in [6.07, 6.45) is 6.81. The number of aromatic nitrogens is 3. The third kappa shape index (κ3) is 3.37. The molecule has 0 saturated carbocycles. The van der Waals surface area contributed by atoms with Crippen molar-refractivity contribution in [2.75, 3.05) is 13.7 Å². The third-order valence-electron chi connectivity index (χ3n) is 5.83. The monoisotopic (exact) mass is 402 g/mol. The molecule has 1 aliphatic rings. The van der Waals surface area contributed by atoms with Crippen molar-refractivity contribution in [2.24, 2.45) is 0 Å². The molecule has 3 aromatic heterocycles. The molecular weight excluding hydrogens is 376 g/mol. The van der Waals surface area contributed by atoms with Crippen LogP contribution in [0.4, 0.5) is 0 Å². The molecule has 0 fully saturated rings. The molecule has 4 heterocycles. The SMILES string of the molecule is COc1ccc2c(c1)c(CN1CCc3nc(-c4ccco4)ncc3C1)cn2C(C)C.